The van der Waals surface area contributed by atoms with E-state index in [0.717, 1.165) is 19.0 Å². The van der Waals surface area contributed by atoms with Crippen molar-refractivity contribution < 1.29 is 0 Å². The third-order valence-corrected chi connectivity index (χ3v) is 4.58. The van der Waals surface area contributed by atoms with Crippen LogP contribution in [0.5, 0.6) is 0 Å². The minimum Gasteiger partial charge on any atom is -0.310 e. The third kappa shape index (κ3) is 4.60. The van der Waals surface area contributed by atoms with E-state index in [2.05, 4.69) is 55.5 Å². The molecule has 0 heterocycles. The lowest BCUT2D eigenvalue weighted by Crippen LogP contribution is -2.34. The lowest BCUT2D eigenvalue weighted by atomic mass is 9.84. The highest BCUT2D eigenvalue weighted by Crippen LogP contribution is 2.26. The predicted octanol–water partition coefficient (Wildman–Crippen LogP) is 3.81. The van der Waals surface area contributed by atoms with Gasteiger partial charge in [0.2, 0.25) is 0 Å². The Kier molecular flexibility index (Phi) is 6.06. The van der Waals surface area contributed by atoms with E-state index >= 15 is 0 Å². The third-order valence-electron chi connectivity index (χ3n) is 4.58. The van der Waals surface area contributed by atoms with Gasteiger partial charge in [0.05, 0.1) is 0 Å². The largest absolute Gasteiger partial charge is 0.310 e. The molecule has 0 amide bonds. The molecule has 0 bridgehead atoms. The zero-order valence-electron chi connectivity index (χ0n) is 13.4. The Morgan fingerprint density at radius 3 is 2.40 bits per heavy atom. The second-order valence-corrected chi connectivity index (χ2v) is 6.57. The molecule has 0 saturated heterocycles. The summed E-state index contributed by atoms with van der Waals surface area (Å²) in [5, 5.41) is 3.76. The fourth-order valence-corrected chi connectivity index (χ4v) is 3.30. The second-order valence-electron chi connectivity index (χ2n) is 6.57. The van der Waals surface area contributed by atoms with E-state index in [4.69, 9.17) is 0 Å². The Morgan fingerprint density at radius 1 is 1.10 bits per heavy atom. The van der Waals surface area contributed by atoms with Crippen LogP contribution in [0.1, 0.15) is 50.2 Å². The number of hydrogen-bond donors (Lipinski definition) is 1. The van der Waals surface area contributed by atoms with Gasteiger partial charge in [-0.1, -0.05) is 43.5 Å². The lowest BCUT2D eigenvalue weighted by Gasteiger charge is -2.28. The van der Waals surface area contributed by atoms with Gasteiger partial charge in [-0.15, -0.1) is 0 Å². The summed E-state index contributed by atoms with van der Waals surface area (Å²) in [7, 11) is 4.27. The van der Waals surface area contributed by atoms with E-state index in [1.165, 1.54) is 43.2 Å². The summed E-state index contributed by atoms with van der Waals surface area (Å²) < 4.78 is 0. The SMILES string of the molecule is CC(NCc1ccccc1CN(C)C)C1CCCCC1. The molecule has 1 aromatic carbocycles. The van der Waals surface area contributed by atoms with Crippen LogP contribution in [0.3, 0.4) is 0 Å². The number of hydrogen-bond acceptors (Lipinski definition) is 2. The van der Waals surface area contributed by atoms with Crippen molar-refractivity contribution in [3.63, 3.8) is 0 Å². The molecule has 0 radical (unpaired) electrons. The van der Waals surface area contributed by atoms with Crippen LogP contribution >= 0.6 is 0 Å². The summed E-state index contributed by atoms with van der Waals surface area (Å²) in [5.41, 5.74) is 2.89. The first-order valence-corrected chi connectivity index (χ1v) is 8.11. The second kappa shape index (κ2) is 7.80. The molecule has 1 N–H and O–H groups in total. The molecule has 2 heteroatoms. The summed E-state index contributed by atoms with van der Waals surface area (Å²) in [5.74, 6) is 0.879. The van der Waals surface area contributed by atoms with Gasteiger partial charge in [-0.05, 0) is 50.9 Å². The zero-order chi connectivity index (χ0) is 14.4. The fraction of sp³-hybridized carbons (Fsp3) is 0.667. The van der Waals surface area contributed by atoms with Gasteiger partial charge >= 0.3 is 0 Å². The van der Waals surface area contributed by atoms with Crippen LogP contribution in [0.15, 0.2) is 24.3 Å². The first kappa shape index (κ1) is 15.5. The highest BCUT2D eigenvalue weighted by Gasteiger charge is 2.19. The standard InChI is InChI=1S/C18H30N2/c1-15(16-9-5-4-6-10-16)19-13-17-11-7-8-12-18(17)14-20(2)3/h7-8,11-12,15-16,19H,4-6,9-10,13-14H2,1-3H3. The number of benzene rings is 1. The first-order chi connectivity index (χ1) is 9.66. The summed E-state index contributed by atoms with van der Waals surface area (Å²) in [6, 6.07) is 9.46. The van der Waals surface area contributed by atoms with Gasteiger partial charge in [0, 0.05) is 19.1 Å². The highest BCUT2D eigenvalue weighted by molar-refractivity contribution is 5.27. The highest BCUT2D eigenvalue weighted by atomic mass is 15.0. The molecule has 2 rings (SSSR count). The van der Waals surface area contributed by atoms with E-state index in [-0.39, 0.29) is 0 Å². The van der Waals surface area contributed by atoms with Crippen molar-refractivity contribution in [2.45, 2.75) is 58.2 Å². The molecule has 1 unspecified atom stereocenters. The van der Waals surface area contributed by atoms with E-state index < -0.39 is 0 Å². The summed E-state index contributed by atoms with van der Waals surface area (Å²) in [6.07, 6.45) is 7.11. The molecule has 1 aliphatic carbocycles. The molecule has 2 nitrogen and oxygen atoms in total. The number of nitrogens with zero attached hydrogens (tertiary/aromatic N) is 1. The van der Waals surface area contributed by atoms with E-state index in [0.29, 0.717) is 6.04 Å². The van der Waals surface area contributed by atoms with Crippen LogP contribution in [-0.4, -0.2) is 25.0 Å². The molecule has 112 valence electrons. The number of rotatable bonds is 6. The fourth-order valence-electron chi connectivity index (χ4n) is 3.30. The van der Waals surface area contributed by atoms with E-state index in [9.17, 15) is 0 Å². The van der Waals surface area contributed by atoms with Crippen molar-refractivity contribution in [2.24, 2.45) is 5.92 Å². The maximum absolute atomic E-state index is 3.76. The average molecular weight is 274 g/mol. The van der Waals surface area contributed by atoms with Crippen molar-refractivity contribution in [2.75, 3.05) is 14.1 Å². The number of nitrogens with one attached hydrogen (secondary N) is 1. The molecule has 0 aliphatic heterocycles. The molecule has 1 fully saturated rings. The van der Waals surface area contributed by atoms with Gasteiger partial charge in [-0.25, -0.2) is 0 Å². The Labute approximate surface area is 124 Å². The lowest BCUT2D eigenvalue weighted by molar-refractivity contribution is 0.280. The van der Waals surface area contributed by atoms with Crippen molar-refractivity contribution in [1.82, 2.24) is 10.2 Å². The monoisotopic (exact) mass is 274 g/mol. The van der Waals surface area contributed by atoms with Crippen LogP contribution < -0.4 is 5.32 Å². The Morgan fingerprint density at radius 2 is 1.75 bits per heavy atom. The Bertz CT molecular complexity index is 394. The van der Waals surface area contributed by atoms with Crippen LogP contribution in [0.2, 0.25) is 0 Å². The van der Waals surface area contributed by atoms with Crippen molar-refractivity contribution in [1.29, 1.82) is 0 Å². The van der Waals surface area contributed by atoms with Crippen molar-refractivity contribution in [3.8, 4) is 0 Å². The van der Waals surface area contributed by atoms with Crippen LogP contribution in [0, 0.1) is 5.92 Å². The maximum Gasteiger partial charge on any atom is 0.0230 e. The molecular weight excluding hydrogens is 244 g/mol. The van der Waals surface area contributed by atoms with Gasteiger partial charge in [-0.2, -0.15) is 0 Å². The van der Waals surface area contributed by atoms with Gasteiger partial charge in [0.15, 0.2) is 0 Å². The predicted molar refractivity (Wildman–Crippen MR) is 86.7 cm³/mol. The smallest absolute Gasteiger partial charge is 0.0230 e. The first-order valence-electron chi connectivity index (χ1n) is 8.11. The van der Waals surface area contributed by atoms with Crippen LogP contribution in [-0.2, 0) is 13.1 Å². The average Bonchev–Trinajstić information content (AvgIpc) is 2.46. The zero-order valence-corrected chi connectivity index (χ0v) is 13.4. The molecule has 1 aliphatic rings. The summed E-state index contributed by atoms with van der Waals surface area (Å²) in [4.78, 5) is 2.24. The maximum atomic E-state index is 3.76. The molecule has 20 heavy (non-hydrogen) atoms. The van der Waals surface area contributed by atoms with E-state index in [1.807, 2.05) is 0 Å². The summed E-state index contributed by atoms with van der Waals surface area (Å²) >= 11 is 0. The molecular formula is C18H30N2. The molecule has 1 aromatic rings. The van der Waals surface area contributed by atoms with Gasteiger partial charge in [0.1, 0.15) is 0 Å². The molecule has 0 aromatic heterocycles. The molecule has 1 atom stereocenters. The van der Waals surface area contributed by atoms with Crippen LogP contribution in [0.4, 0.5) is 0 Å². The molecule has 1 saturated carbocycles. The topological polar surface area (TPSA) is 15.3 Å². The van der Waals surface area contributed by atoms with Gasteiger partial charge in [-0.3, -0.25) is 0 Å². The summed E-state index contributed by atoms with van der Waals surface area (Å²) in [6.45, 7) is 4.39. The minimum atomic E-state index is 0.641. The Balaban J connectivity index is 1.89. The van der Waals surface area contributed by atoms with Crippen molar-refractivity contribution in [3.05, 3.63) is 35.4 Å². The van der Waals surface area contributed by atoms with Gasteiger partial charge < -0.3 is 10.2 Å². The van der Waals surface area contributed by atoms with Crippen molar-refractivity contribution >= 4 is 0 Å². The molecule has 0 spiro atoms. The minimum absolute atomic E-state index is 0.641. The van der Waals surface area contributed by atoms with E-state index in [1.54, 1.807) is 0 Å². The normalized spacial score (nSPS) is 18.4. The van der Waals surface area contributed by atoms with Gasteiger partial charge in [0.25, 0.3) is 0 Å². The quantitative estimate of drug-likeness (QED) is 0.848. The Hall–Kier alpha value is -0.860. The van der Waals surface area contributed by atoms with Crippen LogP contribution in [0.25, 0.3) is 0 Å².